The molecule has 180 valence electrons. The van der Waals surface area contributed by atoms with E-state index < -0.39 is 33.0 Å². The largest absolute Gasteiger partial charge is 0.462 e. The van der Waals surface area contributed by atoms with E-state index in [4.69, 9.17) is 4.74 Å². The summed E-state index contributed by atoms with van der Waals surface area (Å²) in [4.78, 5) is 30.5. The highest BCUT2D eigenvalue weighted by atomic mass is 32.2. The Labute approximate surface area is 197 Å². The van der Waals surface area contributed by atoms with Gasteiger partial charge in [-0.25, -0.2) is 22.6 Å². The van der Waals surface area contributed by atoms with Crippen molar-refractivity contribution in [3.63, 3.8) is 0 Å². The standard InChI is InChI=1S/C23H25FN4O5S/c1-3-33-23(30)20-13-17(14-25)22(26-15(20)2)28-10-8-19(9-11-28)34(31,32)27-21(29)12-16-4-6-18(24)7-5-16/h4-7,13,19H,3,8-12H2,1-2H3,(H,27,29). The lowest BCUT2D eigenvalue weighted by atomic mass is 10.1. The summed E-state index contributed by atoms with van der Waals surface area (Å²) in [5.41, 5.74) is 1.32. The van der Waals surface area contributed by atoms with Gasteiger partial charge in [0.1, 0.15) is 17.7 Å². The predicted molar refractivity (Wildman–Crippen MR) is 122 cm³/mol. The first kappa shape index (κ1) is 25.1. The highest BCUT2D eigenvalue weighted by Crippen LogP contribution is 2.26. The van der Waals surface area contributed by atoms with Crippen LogP contribution in [-0.4, -0.2) is 50.2 Å². The maximum absolute atomic E-state index is 13.0. The van der Waals surface area contributed by atoms with Crippen LogP contribution in [0, 0.1) is 24.1 Å². The predicted octanol–water partition coefficient (Wildman–Crippen LogP) is 2.24. The fourth-order valence-corrected chi connectivity index (χ4v) is 5.16. The molecular weight excluding hydrogens is 463 g/mol. The number of hydrogen-bond acceptors (Lipinski definition) is 8. The Morgan fingerprint density at radius 1 is 1.26 bits per heavy atom. The van der Waals surface area contributed by atoms with E-state index in [9.17, 15) is 27.7 Å². The van der Waals surface area contributed by atoms with Gasteiger partial charge in [0.15, 0.2) is 0 Å². The molecule has 0 spiro atoms. The molecule has 9 nitrogen and oxygen atoms in total. The Morgan fingerprint density at radius 3 is 2.50 bits per heavy atom. The summed E-state index contributed by atoms with van der Waals surface area (Å²) in [6.07, 6.45) is 0.272. The van der Waals surface area contributed by atoms with Gasteiger partial charge < -0.3 is 9.64 Å². The number of piperidine rings is 1. The zero-order valence-corrected chi connectivity index (χ0v) is 19.7. The second-order valence-corrected chi connectivity index (χ2v) is 9.85. The molecule has 11 heteroatoms. The van der Waals surface area contributed by atoms with Gasteiger partial charge in [0.05, 0.1) is 35.1 Å². The van der Waals surface area contributed by atoms with Crippen LogP contribution in [0.15, 0.2) is 30.3 Å². The molecule has 0 bridgehead atoms. The van der Waals surface area contributed by atoms with Crippen molar-refractivity contribution >= 4 is 27.7 Å². The summed E-state index contributed by atoms with van der Waals surface area (Å²) >= 11 is 0. The van der Waals surface area contributed by atoms with Gasteiger partial charge in [0, 0.05) is 13.1 Å². The minimum atomic E-state index is -3.91. The molecule has 0 unspecified atom stereocenters. The van der Waals surface area contributed by atoms with Crippen LogP contribution in [0.1, 0.15) is 46.9 Å². The summed E-state index contributed by atoms with van der Waals surface area (Å²) < 4.78 is 45.5. The average molecular weight is 489 g/mol. The molecule has 1 aliphatic heterocycles. The molecule has 0 aliphatic carbocycles. The van der Waals surface area contributed by atoms with Crippen molar-refractivity contribution in [3.8, 4) is 6.07 Å². The third-order valence-electron chi connectivity index (χ3n) is 5.52. The van der Waals surface area contributed by atoms with Crippen LogP contribution in [0.2, 0.25) is 0 Å². The van der Waals surface area contributed by atoms with Gasteiger partial charge in [0.2, 0.25) is 15.9 Å². The SMILES string of the molecule is CCOC(=O)c1cc(C#N)c(N2CCC(S(=O)(=O)NC(=O)Cc3ccc(F)cc3)CC2)nc1C. The molecule has 1 saturated heterocycles. The molecule has 1 N–H and O–H groups in total. The number of carbonyl (C=O) groups is 2. The van der Waals surface area contributed by atoms with Gasteiger partial charge in [-0.2, -0.15) is 5.26 Å². The first-order valence-corrected chi connectivity index (χ1v) is 12.3. The number of rotatable bonds is 7. The molecule has 0 atom stereocenters. The summed E-state index contributed by atoms with van der Waals surface area (Å²) in [5.74, 6) is -1.31. The number of carbonyl (C=O) groups excluding carboxylic acids is 2. The van der Waals surface area contributed by atoms with Gasteiger partial charge in [-0.1, -0.05) is 12.1 Å². The van der Waals surface area contributed by atoms with E-state index in [-0.39, 0.29) is 37.0 Å². The van der Waals surface area contributed by atoms with Crippen LogP contribution in [0.5, 0.6) is 0 Å². The first-order chi connectivity index (χ1) is 16.1. The van der Waals surface area contributed by atoms with E-state index >= 15 is 0 Å². The minimum Gasteiger partial charge on any atom is -0.462 e. The molecule has 1 aliphatic rings. The summed E-state index contributed by atoms with van der Waals surface area (Å²) in [5, 5.41) is 8.77. The Balaban J connectivity index is 1.65. The second kappa shape index (κ2) is 10.6. The van der Waals surface area contributed by atoms with Gasteiger partial charge in [0.25, 0.3) is 0 Å². The van der Waals surface area contributed by atoms with E-state index in [0.717, 1.165) is 0 Å². The van der Waals surface area contributed by atoms with Crippen LogP contribution in [0.4, 0.5) is 10.2 Å². The molecule has 0 radical (unpaired) electrons. The maximum atomic E-state index is 13.0. The number of amides is 1. The first-order valence-electron chi connectivity index (χ1n) is 10.8. The maximum Gasteiger partial charge on any atom is 0.340 e. The number of halogens is 1. The van der Waals surface area contributed by atoms with E-state index in [0.29, 0.717) is 30.2 Å². The Bertz CT molecular complexity index is 1220. The van der Waals surface area contributed by atoms with Crippen molar-refractivity contribution in [1.82, 2.24) is 9.71 Å². The van der Waals surface area contributed by atoms with Crippen LogP contribution in [-0.2, 0) is 26.0 Å². The van der Waals surface area contributed by atoms with Gasteiger partial charge >= 0.3 is 5.97 Å². The molecule has 1 aromatic carbocycles. The summed E-state index contributed by atoms with van der Waals surface area (Å²) in [7, 11) is -3.91. The van der Waals surface area contributed by atoms with Crippen LogP contribution >= 0.6 is 0 Å². The summed E-state index contributed by atoms with van der Waals surface area (Å²) in [6.45, 7) is 4.13. The third kappa shape index (κ3) is 5.88. The summed E-state index contributed by atoms with van der Waals surface area (Å²) in [6, 6.07) is 8.74. The molecule has 1 fully saturated rings. The lowest BCUT2D eigenvalue weighted by Crippen LogP contribution is -2.46. The molecule has 3 rings (SSSR count). The number of nitriles is 1. The number of nitrogens with zero attached hydrogens (tertiary/aromatic N) is 3. The van der Waals surface area contributed by atoms with Gasteiger partial charge in [-0.15, -0.1) is 0 Å². The third-order valence-corrected chi connectivity index (χ3v) is 7.38. The van der Waals surface area contributed by atoms with E-state index in [1.54, 1.807) is 18.7 Å². The molecular formula is C23H25FN4O5S. The number of nitrogens with one attached hydrogen (secondary N) is 1. The topological polar surface area (TPSA) is 129 Å². The Morgan fingerprint density at radius 2 is 1.91 bits per heavy atom. The lowest BCUT2D eigenvalue weighted by Gasteiger charge is -2.33. The highest BCUT2D eigenvalue weighted by Gasteiger charge is 2.32. The molecule has 0 saturated carbocycles. The molecule has 34 heavy (non-hydrogen) atoms. The average Bonchev–Trinajstić information content (AvgIpc) is 2.80. The molecule has 2 aromatic rings. The fraction of sp³-hybridized carbons (Fsp3) is 0.391. The zero-order valence-electron chi connectivity index (χ0n) is 18.9. The fourth-order valence-electron chi connectivity index (χ4n) is 3.78. The van der Waals surface area contributed by atoms with E-state index in [1.165, 1.54) is 30.3 Å². The molecule has 1 aromatic heterocycles. The number of benzene rings is 1. The number of aromatic nitrogens is 1. The van der Waals surface area contributed by atoms with Crippen molar-refractivity contribution < 1.29 is 27.1 Å². The van der Waals surface area contributed by atoms with E-state index in [1.807, 2.05) is 6.07 Å². The number of aryl methyl sites for hydroxylation is 1. The minimum absolute atomic E-state index is 0.181. The monoisotopic (exact) mass is 488 g/mol. The van der Waals surface area contributed by atoms with Crippen molar-refractivity contribution in [2.45, 2.75) is 38.4 Å². The zero-order chi connectivity index (χ0) is 24.9. The van der Waals surface area contributed by atoms with Crippen molar-refractivity contribution in [3.05, 3.63) is 58.5 Å². The molecule has 2 heterocycles. The quantitative estimate of drug-likeness (QED) is 0.588. The molecule has 1 amide bonds. The van der Waals surface area contributed by atoms with Crippen LogP contribution in [0.3, 0.4) is 0 Å². The van der Waals surface area contributed by atoms with Crippen molar-refractivity contribution in [2.24, 2.45) is 0 Å². The van der Waals surface area contributed by atoms with Crippen LogP contribution in [0.25, 0.3) is 0 Å². The van der Waals surface area contributed by atoms with Crippen molar-refractivity contribution in [2.75, 3.05) is 24.6 Å². The Hall–Kier alpha value is -3.52. The number of hydrogen-bond donors (Lipinski definition) is 1. The Kier molecular flexibility index (Phi) is 7.83. The van der Waals surface area contributed by atoms with Crippen molar-refractivity contribution in [1.29, 1.82) is 5.26 Å². The smallest absolute Gasteiger partial charge is 0.340 e. The number of sulfonamides is 1. The number of ether oxygens (including phenoxy) is 1. The number of anilines is 1. The second-order valence-electron chi connectivity index (χ2n) is 7.88. The number of esters is 1. The van der Waals surface area contributed by atoms with E-state index in [2.05, 4.69) is 9.71 Å². The van der Waals surface area contributed by atoms with Crippen LogP contribution < -0.4 is 9.62 Å². The lowest BCUT2D eigenvalue weighted by molar-refractivity contribution is -0.118. The normalized spacial score (nSPS) is 14.4. The van der Waals surface area contributed by atoms with Gasteiger partial charge in [-0.05, 0) is 50.5 Å². The van der Waals surface area contributed by atoms with Gasteiger partial charge in [-0.3, -0.25) is 9.52 Å². The number of pyridine rings is 1. The highest BCUT2D eigenvalue weighted by molar-refractivity contribution is 7.90.